The summed E-state index contributed by atoms with van der Waals surface area (Å²) in [6.07, 6.45) is 1.87. The van der Waals surface area contributed by atoms with Gasteiger partial charge in [0.05, 0.1) is 0 Å². The van der Waals surface area contributed by atoms with Gasteiger partial charge in [-0.05, 0) is 0 Å². The zero-order valence-electron chi connectivity index (χ0n) is 19.0. The Labute approximate surface area is 195 Å². The molecule has 6 rings (SSSR count). The van der Waals surface area contributed by atoms with Crippen molar-refractivity contribution in [3.8, 4) is 22.4 Å². The third-order valence-corrected chi connectivity index (χ3v) is 10.6. The predicted octanol–water partition coefficient (Wildman–Crippen LogP) is 7.41. The van der Waals surface area contributed by atoms with Crippen LogP contribution in [0, 0.1) is 0 Å². The second-order valence-corrected chi connectivity index (χ2v) is 20.2. The van der Waals surface area contributed by atoms with Gasteiger partial charge in [-0.3, -0.25) is 0 Å². The Balaban J connectivity index is 1.61. The van der Waals surface area contributed by atoms with Crippen LogP contribution in [0.25, 0.3) is 55.4 Å². The average molecular weight is 489 g/mol. The standard InChI is InChI=1S/C29H24GeN2O/c1-30(2,3)21-13-14-26-24(16-21)23(19-9-5-4-6-10-19)17-27(32-26)20-15-25-22-11-7-8-12-28(22)33-29(25)31-18-20/h4-18H,1-3H3. The van der Waals surface area contributed by atoms with Crippen LogP contribution in [0.5, 0.6) is 0 Å². The molecule has 0 aliphatic rings. The normalized spacial score (nSPS) is 12.1. The number of nitrogens with zero attached hydrogens (tertiary/aromatic N) is 2. The summed E-state index contributed by atoms with van der Waals surface area (Å²) in [6.45, 7) is 0. The molecule has 0 saturated carbocycles. The molecule has 4 heteroatoms. The van der Waals surface area contributed by atoms with Crippen molar-refractivity contribution in [1.29, 1.82) is 0 Å². The number of benzene rings is 3. The first kappa shape index (κ1) is 20.2. The van der Waals surface area contributed by atoms with Crippen molar-refractivity contribution >= 4 is 50.6 Å². The molecule has 0 atom stereocenters. The summed E-state index contributed by atoms with van der Waals surface area (Å²) >= 11 is -1.98. The molecule has 0 radical (unpaired) electrons. The van der Waals surface area contributed by atoms with Gasteiger partial charge in [-0.25, -0.2) is 0 Å². The fourth-order valence-electron chi connectivity index (χ4n) is 4.45. The van der Waals surface area contributed by atoms with Gasteiger partial charge < -0.3 is 0 Å². The Morgan fingerprint density at radius 2 is 1.48 bits per heavy atom. The fraction of sp³-hybridized carbons (Fsp3) is 0.103. The van der Waals surface area contributed by atoms with Gasteiger partial charge >= 0.3 is 190 Å². The Morgan fingerprint density at radius 1 is 0.697 bits per heavy atom. The second-order valence-electron chi connectivity index (χ2n) is 9.58. The molecular weight excluding hydrogens is 465 g/mol. The van der Waals surface area contributed by atoms with Gasteiger partial charge in [0.15, 0.2) is 0 Å². The molecule has 0 fully saturated rings. The van der Waals surface area contributed by atoms with Crippen molar-refractivity contribution in [3.05, 3.63) is 91.1 Å². The Kier molecular flexibility index (Phi) is 4.63. The van der Waals surface area contributed by atoms with E-state index in [1.165, 1.54) is 20.9 Å². The molecule has 33 heavy (non-hydrogen) atoms. The quantitative estimate of drug-likeness (QED) is 0.243. The molecule has 0 spiro atoms. The Morgan fingerprint density at radius 3 is 2.30 bits per heavy atom. The number of hydrogen-bond donors (Lipinski definition) is 0. The molecule has 6 aromatic rings. The van der Waals surface area contributed by atoms with Crippen molar-refractivity contribution in [3.63, 3.8) is 0 Å². The van der Waals surface area contributed by atoms with Crippen LogP contribution in [-0.4, -0.2) is 23.2 Å². The van der Waals surface area contributed by atoms with E-state index in [9.17, 15) is 0 Å². The third kappa shape index (κ3) is 3.53. The van der Waals surface area contributed by atoms with Gasteiger partial charge in [0, 0.05) is 0 Å². The zero-order valence-corrected chi connectivity index (χ0v) is 21.1. The zero-order chi connectivity index (χ0) is 22.6. The van der Waals surface area contributed by atoms with Gasteiger partial charge in [0.1, 0.15) is 0 Å². The van der Waals surface area contributed by atoms with Crippen LogP contribution in [0.1, 0.15) is 0 Å². The van der Waals surface area contributed by atoms with Gasteiger partial charge in [-0.2, -0.15) is 0 Å². The molecular formula is C29H24GeN2O. The molecule has 0 N–H and O–H groups in total. The molecule has 3 aromatic heterocycles. The second kappa shape index (κ2) is 7.56. The monoisotopic (exact) mass is 490 g/mol. The minimum absolute atomic E-state index is 0.658. The van der Waals surface area contributed by atoms with Crippen molar-refractivity contribution in [2.75, 3.05) is 0 Å². The van der Waals surface area contributed by atoms with Crippen molar-refractivity contribution in [2.45, 2.75) is 17.3 Å². The Hall–Kier alpha value is -3.44. The van der Waals surface area contributed by atoms with E-state index in [1.807, 2.05) is 24.4 Å². The van der Waals surface area contributed by atoms with Gasteiger partial charge in [0.2, 0.25) is 0 Å². The summed E-state index contributed by atoms with van der Waals surface area (Å²) in [5, 5.41) is 3.31. The Bertz CT molecular complexity index is 1650. The van der Waals surface area contributed by atoms with Crippen LogP contribution in [0.2, 0.25) is 17.3 Å². The number of furan rings is 1. The first-order valence-electron chi connectivity index (χ1n) is 11.3. The molecule has 3 aromatic carbocycles. The summed E-state index contributed by atoms with van der Waals surface area (Å²) in [5.41, 5.74) is 6.85. The number of hydrogen-bond acceptors (Lipinski definition) is 3. The van der Waals surface area contributed by atoms with Crippen molar-refractivity contribution in [2.24, 2.45) is 0 Å². The number of aromatic nitrogens is 2. The minimum atomic E-state index is -1.98. The number of fused-ring (bicyclic) bond motifs is 4. The molecule has 0 aliphatic carbocycles. The number of rotatable bonds is 3. The van der Waals surface area contributed by atoms with Crippen LogP contribution in [0.4, 0.5) is 0 Å². The SMILES string of the molecule is [CH3][Ge]([CH3])([CH3])[c]1ccc2nc(-c3cnc4oc5ccccc5c4c3)cc(-c3ccccc3)c2c1. The van der Waals surface area contributed by atoms with E-state index in [-0.39, 0.29) is 0 Å². The molecule has 0 amide bonds. The molecule has 0 unspecified atom stereocenters. The van der Waals surface area contributed by atoms with Crippen molar-refractivity contribution < 1.29 is 4.42 Å². The molecule has 0 bridgehead atoms. The van der Waals surface area contributed by atoms with Gasteiger partial charge in [-0.15, -0.1) is 0 Å². The van der Waals surface area contributed by atoms with E-state index in [2.05, 4.69) is 89.0 Å². The molecule has 0 aliphatic heterocycles. The fourth-order valence-corrected chi connectivity index (χ4v) is 6.88. The first-order chi connectivity index (χ1) is 16.0. The third-order valence-electron chi connectivity index (χ3n) is 6.29. The van der Waals surface area contributed by atoms with E-state index in [4.69, 9.17) is 9.40 Å². The topological polar surface area (TPSA) is 38.9 Å². The van der Waals surface area contributed by atoms with Crippen LogP contribution in [0.15, 0.2) is 95.5 Å². The summed E-state index contributed by atoms with van der Waals surface area (Å²) in [5.74, 6) is 7.30. The van der Waals surface area contributed by atoms with Gasteiger partial charge in [0.25, 0.3) is 0 Å². The summed E-state index contributed by atoms with van der Waals surface area (Å²) in [7, 11) is 0. The molecule has 160 valence electrons. The average Bonchev–Trinajstić information content (AvgIpc) is 3.21. The van der Waals surface area contributed by atoms with E-state index < -0.39 is 13.3 Å². The predicted molar refractivity (Wildman–Crippen MR) is 141 cm³/mol. The van der Waals surface area contributed by atoms with E-state index >= 15 is 0 Å². The van der Waals surface area contributed by atoms with Crippen LogP contribution < -0.4 is 4.40 Å². The van der Waals surface area contributed by atoms with Crippen LogP contribution in [-0.2, 0) is 0 Å². The first-order valence-corrected chi connectivity index (χ1v) is 18.6. The summed E-state index contributed by atoms with van der Waals surface area (Å²) in [6, 6.07) is 29.9. The molecule has 0 saturated heterocycles. The number of pyridine rings is 2. The molecule has 3 heterocycles. The van der Waals surface area contributed by atoms with Crippen LogP contribution in [0.3, 0.4) is 0 Å². The number of para-hydroxylation sites is 1. The van der Waals surface area contributed by atoms with E-state index in [1.54, 1.807) is 0 Å². The van der Waals surface area contributed by atoms with E-state index in [0.717, 1.165) is 33.1 Å². The summed E-state index contributed by atoms with van der Waals surface area (Å²) in [4.78, 5) is 9.70. The van der Waals surface area contributed by atoms with Crippen molar-refractivity contribution in [1.82, 2.24) is 9.97 Å². The maximum atomic E-state index is 5.93. The van der Waals surface area contributed by atoms with Crippen LogP contribution >= 0.6 is 0 Å². The molecule has 3 nitrogen and oxygen atoms in total. The van der Waals surface area contributed by atoms with E-state index in [0.29, 0.717) is 5.71 Å². The van der Waals surface area contributed by atoms with Gasteiger partial charge in [-0.1, -0.05) is 6.07 Å². The summed E-state index contributed by atoms with van der Waals surface area (Å²) < 4.78 is 7.41. The maximum absolute atomic E-state index is 5.93.